The van der Waals surface area contributed by atoms with E-state index in [1.807, 2.05) is 0 Å². The van der Waals surface area contributed by atoms with E-state index in [1.165, 1.54) is 21.3 Å². The van der Waals surface area contributed by atoms with E-state index in [-0.39, 0.29) is 30.6 Å². The van der Waals surface area contributed by atoms with E-state index in [0.29, 0.717) is 25.8 Å². The molecule has 0 saturated carbocycles. The summed E-state index contributed by atoms with van der Waals surface area (Å²) in [5, 5.41) is 0. The topological polar surface area (TPSA) is 66.9 Å². The van der Waals surface area contributed by atoms with Gasteiger partial charge in [0.15, 0.2) is 11.6 Å². The van der Waals surface area contributed by atoms with Crippen molar-refractivity contribution < 1.29 is 22.3 Å². The highest BCUT2D eigenvalue weighted by Gasteiger charge is 2.39. The van der Waals surface area contributed by atoms with Gasteiger partial charge in [0.05, 0.1) is 12.3 Å². The van der Waals surface area contributed by atoms with E-state index in [0.717, 1.165) is 0 Å². The standard InChI is InChI=1S/C17H25FN2O4S/c1-3-13-25(22,23)20-10-6-8-15(20)17(21)19(2)11-12-24-16-9-5-4-7-14(16)18/h4-5,7,9,15H,3,6,8,10-13H2,1-2H3. The number of amides is 1. The molecule has 0 aromatic heterocycles. The Hall–Kier alpha value is -1.67. The molecule has 1 aliphatic rings. The van der Waals surface area contributed by atoms with E-state index in [9.17, 15) is 17.6 Å². The number of benzene rings is 1. The summed E-state index contributed by atoms with van der Waals surface area (Å²) in [6, 6.07) is 5.42. The number of halogens is 1. The number of nitrogens with zero attached hydrogens (tertiary/aromatic N) is 2. The molecule has 1 aromatic rings. The van der Waals surface area contributed by atoms with Gasteiger partial charge in [-0.05, 0) is 31.4 Å². The summed E-state index contributed by atoms with van der Waals surface area (Å²) in [5.74, 6) is -0.508. The maximum absolute atomic E-state index is 13.5. The molecule has 0 bridgehead atoms. The van der Waals surface area contributed by atoms with Gasteiger partial charge in [0.25, 0.3) is 0 Å². The smallest absolute Gasteiger partial charge is 0.240 e. The number of rotatable bonds is 8. The fourth-order valence-corrected chi connectivity index (χ4v) is 4.66. The predicted octanol–water partition coefficient (Wildman–Crippen LogP) is 1.87. The van der Waals surface area contributed by atoms with Crippen molar-refractivity contribution in [3.63, 3.8) is 0 Å². The number of carbonyl (C=O) groups is 1. The Balaban J connectivity index is 1.91. The van der Waals surface area contributed by atoms with Crippen LogP contribution in [0.4, 0.5) is 4.39 Å². The molecule has 1 heterocycles. The van der Waals surface area contributed by atoms with E-state index in [4.69, 9.17) is 4.74 Å². The van der Waals surface area contributed by atoms with Crippen LogP contribution in [0.15, 0.2) is 24.3 Å². The highest BCUT2D eigenvalue weighted by Crippen LogP contribution is 2.23. The normalized spacial score (nSPS) is 18.3. The van der Waals surface area contributed by atoms with E-state index in [1.54, 1.807) is 26.1 Å². The Labute approximate surface area is 148 Å². The molecule has 0 radical (unpaired) electrons. The quantitative estimate of drug-likeness (QED) is 0.699. The van der Waals surface area contributed by atoms with Crippen molar-refractivity contribution in [2.45, 2.75) is 32.2 Å². The Morgan fingerprint density at radius 2 is 2.12 bits per heavy atom. The van der Waals surface area contributed by atoms with Gasteiger partial charge in [-0.15, -0.1) is 0 Å². The first kappa shape index (κ1) is 19.7. The highest BCUT2D eigenvalue weighted by atomic mass is 32.2. The lowest BCUT2D eigenvalue weighted by Gasteiger charge is -2.27. The van der Waals surface area contributed by atoms with Crippen LogP contribution in [0.5, 0.6) is 5.75 Å². The summed E-state index contributed by atoms with van der Waals surface area (Å²) in [6.07, 6.45) is 1.73. The van der Waals surface area contributed by atoms with Gasteiger partial charge < -0.3 is 9.64 Å². The molecule has 1 amide bonds. The minimum Gasteiger partial charge on any atom is -0.489 e. The van der Waals surface area contributed by atoms with Crippen molar-refractivity contribution >= 4 is 15.9 Å². The maximum Gasteiger partial charge on any atom is 0.240 e. The zero-order chi connectivity index (χ0) is 18.4. The van der Waals surface area contributed by atoms with Gasteiger partial charge in [-0.25, -0.2) is 12.8 Å². The van der Waals surface area contributed by atoms with Gasteiger partial charge in [-0.2, -0.15) is 4.31 Å². The summed E-state index contributed by atoms with van der Waals surface area (Å²) in [6.45, 7) is 2.58. The number of likely N-dealkylation sites (N-methyl/N-ethyl adjacent to an activating group) is 1. The molecule has 2 rings (SSSR count). The third kappa shape index (κ3) is 4.92. The number of carbonyl (C=O) groups excluding carboxylic acids is 1. The fourth-order valence-electron chi connectivity index (χ4n) is 2.91. The van der Waals surface area contributed by atoms with E-state index in [2.05, 4.69) is 0 Å². The highest BCUT2D eigenvalue weighted by molar-refractivity contribution is 7.89. The summed E-state index contributed by atoms with van der Waals surface area (Å²) in [5.41, 5.74) is 0. The molecule has 1 saturated heterocycles. The summed E-state index contributed by atoms with van der Waals surface area (Å²) < 4.78 is 44.8. The first-order valence-corrected chi connectivity index (χ1v) is 10.1. The van der Waals surface area contributed by atoms with Gasteiger partial charge in [-0.3, -0.25) is 4.79 Å². The van der Waals surface area contributed by atoms with Crippen LogP contribution in [0.3, 0.4) is 0 Å². The summed E-state index contributed by atoms with van der Waals surface area (Å²) in [4.78, 5) is 14.1. The molecule has 1 atom stereocenters. The molecule has 140 valence electrons. The van der Waals surface area contributed by atoms with Crippen molar-refractivity contribution in [2.75, 3.05) is 32.5 Å². The van der Waals surface area contributed by atoms with E-state index >= 15 is 0 Å². The molecule has 1 aliphatic heterocycles. The zero-order valence-corrected chi connectivity index (χ0v) is 15.5. The van der Waals surface area contributed by atoms with Crippen LogP contribution in [0.2, 0.25) is 0 Å². The number of hydrogen-bond donors (Lipinski definition) is 0. The third-order valence-electron chi connectivity index (χ3n) is 4.21. The van der Waals surface area contributed by atoms with Crippen molar-refractivity contribution in [1.82, 2.24) is 9.21 Å². The molecule has 1 aromatic carbocycles. The third-order valence-corrected chi connectivity index (χ3v) is 6.28. The molecule has 6 nitrogen and oxygen atoms in total. The molecular weight excluding hydrogens is 347 g/mol. The van der Waals surface area contributed by atoms with Gasteiger partial charge >= 0.3 is 0 Å². The predicted molar refractivity (Wildman–Crippen MR) is 93.3 cm³/mol. The van der Waals surface area contributed by atoms with Crippen LogP contribution in [-0.4, -0.2) is 62.1 Å². The number of para-hydroxylation sites is 1. The van der Waals surface area contributed by atoms with Crippen LogP contribution in [0, 0.1) is 5.82 Å². The van der Waals surface area contributed by atoms with Crippen molar-refractivity contribution in [3.05, 3.63) is 30.1 Å². The molecule has 1 fully saturated rings. The van der Waals surface area contributed by atoms with Crippen LogP contribution >= 0.6 is 0 Å². The van der Waals surface area contributed by atoms with Crippen molar-refractivity contribution in [1.29, 1.82) is 0 Å². The van der Waals surface area contributed by atoms with Gasteiger partial charge in [0.1, 0.15) is 12.6 Å². The number of ether oxygens (including phenoxy) is 1. The summed E-state index contributed by atoms with van der Waals surface area (Å²) in [7, 11) is -1.79. The average Bonchev–Trinajstić information content (AvgIpc) is 3.06. The second kappa shape index (κ2) is 8.62. The molecule has 1 unspecified atom stereocenters. The lowest BCUT2D eigenvalue weighted by Crippen LogP contribution is -2.47. The van der Waals surface area contributed by atoms with Crippen LogP contribution in [0.1, 0.15) is 26.2 Å². The lowest BCUT2D eigenvalue weighted by atomic mass is 10.2. The first-order valence-electron chi connectivity index (χ1n) is 8.48. The summed E-state index contributed by atoms with van der Waals surface area (Å²) >= 11 is 0. The second-order valence-electron chi connectivity index (χ2n) is 6.12. The van der Waals surface area contributed by atoms with Crippen LogP contribution in [0.25, 0.3) is 0 Å². The Bertz CT molecular complexity index is 696. The van der Waals surface area contributed by atoms with Gasteiger partial charge in [0.2, 0.25) is 15.9 Å². The Morgan fingerprint density at radius 1 is 1.40 bits per heavy atom. The molecule has 0 aliphatic carbocycles. The average molecular weight is 372 g/mol. The molecule has 8 heteroatoms. The van der Waals surface area contributed by atoms with Crippen LogP contribution < -0.4 is 4.74 Å². The first-order chi connectivity index (χ1) is 11.9. The van der Waals surface area contributed by atoms with E-state index < -0.39 is 21.9 Å². The van der Waals surface area contributed by atoms with Gasteiger partial charge in [0, 0.05) is 13.6 Å². The Kier molecular flexibility index (Phi) is 6.78. The second-order valence-corrected chi connectivity index (χ2v) is 8.16. The van der Waals surface area contributed by atoms with Crippen molar-refractivity contribution in [2.24, 2.45) is 0 Å². The number of hydrogen-bond acceptors (Lipinski definition) is 4. The minimum absolute atomic E-state index is 0.0525. The molecule has 25 heavy (non-hydrogen) atoms. The largest absolute Gasteiger partial charge is 0.489 e. The van der Waals surface area contributed by atoms with Gasteiger partial charge in [-0.1, -0.05) is 19.1 Å². The van der Waals surface area contributed by atoms with Crippen molar-refractivity contribution in [3.8, 4) is 5.75 Å². The Morgan fingerprint density at radius 3 is 2.80 bits per heavy atom. The monoisotopic (exact) mass is 372 g/mol. The minimum atomic E-state index is -3.40. The molecular formula is C17H25FN2O4S. The fraction of sp³-hybridized carbons (Fsp3) is 0.588. The molecule has 0 spiro atoms. The zero-order valence-electron chi connectivity index (χ0n) is 14.7. The number of sulfonamides is 1. The SMILES string of the molecule is CCCS(=O)(=O)N1CCCC1C(=O)N(C)CCOc1ccccc1F. The lowest BCUT2D eigenvalue weighted by molar-refractivity contribution is -0.133. The maximum atomic E-state index is 13.5. The molecule has 0 N–H and O–H groups in total. The van der Waals surface area contributed by atoms with Crippen LogP contribution in [-0.2, 0) is 14.8 Å².